The second kappa shape index (κ2) is 10.5. The van der Waals surface area contributed by atoms with E-state index >= 15 is 0 Å². The highest BCUT2D eigenvalue weighted by Gasteiger charge is 2.25. The summed E-state index contributed by atoms with van der Waals surface area (Å²) < 4.78 is 32.4. The molecular formula is C25H18BrFINO4. The molecule has 5 nitrogen and oxygen atoms in total. The fraction of sp³-hybridized carbons (Fsp3) is 0.120. The van der Waals surface area contributed by atoms with Crippen LogP contribution in [-0.4, -0.2) is 18.5 Å². The third-order valence-corrected chi connectivity index (χ3v) is 5.93. The number of carbonyl (C=O) groups excluding carboxylic acids is 1. The number of halogens is 3. The SMILES string of the molecule is CCOc1cc(/C=C2\N=C(c3cccc(F)c3)OC2=O)cc(Br)c1OCc1ccc(I)cc1. The van der Waals surface area contributed by atoms with E-state index in [2.05, 4.69) is 43.5 Å². The molecule has 0 unspecified atom stereocenters. The Labute approximate surface area is 212 Å². The predicted octanol–water partition coefficient (Wildman–Crippen LogP) is 6.52. The second-order valence-corrected chi connectivity index (χ2v) is 9.12. The van der Waals surface area contributed by atoms with E-state index in [4.69, 9.17) is 14.2 Å². The smallest absolute Gasteiger partial charge is 0.363 e. The Bertz CT molecular complexity index is 1260. The van der Waals surface area contributed by atoms with Crippen molar-refractivity contribution in [1.82, 2.24) is 0 Å². The molecule has 1 aliphatic heterocycles. The fourth-order valence-electron chi connectivity index (χ4n) is 3.12. The Balaban J connectivity index is 1.61. The minimum Gasteiger partial charge on any atom is -0.490 e. The van der Waals surface area contributed by atoms with Crippen molar-refractivity contribution < 1.29 is 23.4 Å². The Hall–Kier alpha value is -2.72. The zero-order valence-electron chi connectivity index (χ0n) is 17.5. The predicted molar refractivity (Wildman–Crippen MR) is 136 cm³/mol. The molecule has 0 fully saturated rings. The summed E-state index contributed by atoms with van der Waals surface area (Å²) in [5.74, 6) is 0.116. The number of aliphatic imine (C=N–C) groups is 1. The van der Waals surface area contributed by atoms with Gasteiger partial charge in [-0.05, 0) is 105 Å². The first-order valence-corrected chi connectivity index (χ1v) is 11.9. The maximum absolute atomic E-state index is 13.5. The summed E-state index contributed by atoms with van der Waals surface area (Å²) in [6.07, 6.45) is 1.59. The van der Waals surface area contributed by atoms with Crippen LogP contribution in [0.25, 0.3) is 6.08 Å². The summed E-state index contributed by atoms with van der Waals surface area (Å²) in [4.78, 5) is 16.6. The molecule has 0 radical (unpaired) electrons. The lowest BCUT2D eigenvalue weighted by molar-refractivity contribution is -0.129. The van der Waals surface area contributed by atoms with Crippen molar-refractivity contribution >= 4 is 56.5 Å². The molecule has 0 bridgehead atoms. The van der Waals surface area contributed by atoms with Crippen molar-refractivity contribution in [1.29, 1.82) is 0 Å². The number of esters is 1. The third kappa shape index (κ3) is 5.80. The van der Waals surface area contributed by atoms with Gasteiger partial charge in [-0.2, -0.15) is 0 Å². The zero-order valence-corrected chi connectivity index (χ0v) is 21.2. The first-order chi connectivity index (χ1) is 15.9. The lowest BCUT2D eigenvalue weighted by Crippen LogP contribution is -2.05. The molecule has 0 N–H and O–H groups in total. The number of ether oxygens (including phenoxy) is 3. The molecule has 1 heterocycles. The average molecular weight is 622 g/mol. The van der Waals surface area contributed by atoms with Gasteiger partial charge in [-0.25, -0.2) is 14.2 Å². The molecule has 4 rings (SSSR count). The summed E-state index contributed by atoms with van der Waals surface area (Å²) in [6.45, 7) is 2.70. The topological polar surface area (TPSA) is 57.1 Å². The minimum atomic E-state index is -0.609. The van der Waals surface area contributed by atoms with E-state index in [1.165, 1.54) is 18.2 Å². The maximum atomic E-state index is 13.5. The number of benzene rings is 3. The van der Waals surface area contributed by atoms with Crippen molar-refractivity contribution in [2.24, 2.45) is 4.99 Å². The molecule has 3 aromatic rings. The second-order valence-electron chi connectivity index (χ2n) is 7.02. The van der Waals surface area contributed by atoms with Crippen LogP contribution in [0.3, 0.4) is 0 Å². The normalized spacial score (nSPS) is 14.2. The quantitative estimate of drug-likeness (QED) is 0.171. The molecule has 0 aliphatic carbocycles. The fourth-order valence-corrected chi connectivity index (χ4v) is 4.06. The van der Waals surface area contributed by atoms with Crippen LogP contribution in [0.1, 0.15) is 23.6 Å². The Morgan fingerprint density at radius 1 is 1.12 bits per heavy atom. The zero-order chi connectivity index (χ0) is 23.4. The van der Waals surface area contributed by atoms with E-state index in [0.29, 0.717) is 40.3 Å². The van der Waals surface area contributed by atoms with Crippen molar-refractivity contribution in [3.8, 4) is 11.5 Å². The van der Waals surface area contributed by atoms with E-state index in [1.54, 1.807) is 18.2 Å². The largest absolute Gasteiger partial charge is 0.490 e. The number of rotatable bonds is 7. The third-order valence-electron chi connectivity index (χ3n) is 4.62. The number of carbonyl (C=O) groups is 1. The van der Waals surface area contributed by atoms with Crippen LogP contribution in [0.5, 0.6) is 11.5 Å². The lowest BCUT2D eigenvalue weighted by atomic mass is 10.1. The molecular weight excluding hydrogens is 604 g/mol. The van der Waals surface area contributed by atoms with Crippen LogP contribution in [0, 0.1) is 9.39 Å². The van der Waals surface area contributed by atoms with Gasteiger partial charge in [0.15, 0.2) is 17.2 Å². The van der Waals surface area contributed by atoms with Crippen LogP contribution in [0.2, 0.25) is 0 Å². The summed E-state index contributed by atoms with van der Waals surface area (Å²) in [5, 5.41) is 0. The van der Waals surface area contributed by atoms with Crippen molar-refractivity contribution in [2.45, 2.75) is 13.5 Å². The van der Waals surface area contributed by atoms with Crippen LogP contribution in [0.4, 0.5) is 4.39 Å². The molecule has 0 saturated carbocycles. The number of nitrogens with zero attached hydrogens (tertiary/aromatic N) is 1. The Morgan fingerprint density at radius 2 is 1.91 bits per heavy atom. The number of hydrogen-bond donors (Lipinski definition) is 0. The minimum absolute atomic E-state index is 0.0623. The molecule has 168 valence electrons. The molecule has 0 saturated heterocycles. The Kier molecular flexibility index (Phi) is 7.44. The van der Waals surface area contributed by atoms with Crippen LogP contribution < -0.4 is 9.47 Å². The molecule has 0 aromatic heterocycles. The summed E-state index contributed by atoms with van der Waals surface area (Å²) in [6, 6.07) is 17.4. The maximum Gasteiger partial charge on any atom is 0.363 e. The molecule has 1 aliphatic rings. The lowest BCUT2D eigenvalue weighted by Gasteiger charge is -2.15. The van der Waals surface area contributed by atoms with Gasteiger partial charge in [0, 0.05) is 9.13 Å². The highest BCUT2D eigenvalue weighted by atomic mass is 127. The monoisotopic (exact) mass is 621 g/mol. The van der Waals surface area contributed by atoms with Gasteiger partial charge >= 0.3 is 5.97 Å². The molecule has 33 heavy (non-hydrogen) atoms. The van der Waals surface area contributed by atoms with Gasteiger partial charge in [0.25, 0.3) is 0 Å². The Morgan fingerprint density at radius 3 is 2.64 bits per heavy atom. The highest BCUT2D eigenvalue weighted by Crippen LogP contribution is 2.38. The van der Waals surface area contributed by atoms with Gasteiger partial charge in [0.05, 0.1) is 11.1 Å². The van der Waals surface area contributed by atoms with Crippen LogP contribution >= 0.6 is 38.5 Å². The summed E-state index contributed by atoms with van der Waals surface area (Å²) >= 11 is 5.80. The average Bonchev–Trinajstić information content (AvgIpc) is 3.15. The van der Waals surface area contributed by atoms with E-state index in [9.17, 15) is 9.18 Å². The highest BCUT2D eigenvalue weighted by molar-refractivity contribution is 14.1. The molecule has 0 spiro atoms. The summed E-state index contributed by atoms with van der Waals surface area (Å²) in [7, 11) is 0. The van der Waals surface area contributed by atoms with Crippen molar-refractivity contribution in [3.05, 3.63) is 96.9 Å². The standard InChI is InChI=1S/C25H18BrFINO4/c1-2-31-22-12-16(10-20(26)23(22)32-14-15-6-8-19(28)9-7-15)11-21-25(30)33-24(29-21)17-4-3-5-18(27)13-17/h3-13H,2,14H2,1H3/b21-11-. The molecule has 8 heteroatoms. The van der Waals surface area contributed by atoms with Crippen LogP contribution in [0.15, 0.2) is 75.8 Å². The number of hydrogen-bond acceptors (Lipinski definition) is 5. The van der Waals surface area contributed by atoms with Crippen molar-refractivity contribution in [3.63, 3.8) is 0 Å². The van der Waals surface area contributed by atoms with Gasteiger partial charge in [-0.1, -0.05) is 18.2 Å². The van der Waals surface area contributed by atoms with Gasteiger partial charge in [0.2, 0.25) is 5.90 Å². The molecule has 3 aromatic carbocycles. The molecule has 0 amide bonds. The van der Waals surface area contributed by atoms with E-state index in [0.717, 1.165) is 9.13 Å². The van der Waals surface area contributed by atoms with E-state index in [1.807, 2.05) is 37.3 Å². The first kappa shape index (κ1) is 23.4. The van der Waals surface area contributed by atoms with Crippen LogP contribution in [-0.2, 0) is 16.1 Å². The van der Waals surface area contributed by atoms with Gasteiger partial charge in [0.1, 0.15) is 12.4 Å². The number of cyclic esters (lactones) is 1. The van der Waals surface area contributed by atoms with Gasteiger partial charge < -0.3 is 14.2 Å². The van der Waals surface area contributed by atoms with Crippen molar-refractivity contribution in [2.75, 3.05) is 6.61 Å². The van der Waals surface area contributed by atoms with E-state index in [-0.39, 0.29) is 11.6 Å². The van der Waals surface area contributed by atoms with E-state index < -0.39 is 11.8 Å². The summed E-state index contributed by atoms with van der Waals surface area (Å²) in [5.41, 5.74) is 2.20. The molecule has 0 atom stereocenters. The first-order valence-electron chi connectivity index (χ1n) is 10.0. The van der Waals surface area contributed by atoms with Gasteiger partial charge in [-0.15, -0.1) is 0 Å². The van der Waals surface area contributed by atoms with Gasteiger partial charge in [-0.3, -0.25) is 0 Å².